The van der Waals surface area contributed by atoms with Gasteiger partial charge in [-0.2, -0.15) is 13.2 Å². The van der Waals surface area contributed by atoms with Crippen molar-refractivity contribution in [3.8, 4) is 0 Å². The van der Waals surface area contributed by atoms with Crippen LogP contribution in [-0.4, -0.2) is 8.42 Å². The van der Waals surface area contributed by atoms with Gasteiger partial charge in [-0.05, 0) is 104 Å². The fourth-order valence-electron chi connectivity index (χ4n) is 4.93. The first-order valence-electron chi connectivity index (χ1n) is 11.9. The van der Waals surface area contributed by atoms with Crippen LogP contribution in [0.15, 0.2) is 65.6 Å². The Labute approximate surface area is 208 Å². The quantitative estimate of drug-likeness (QED) is 0.321. The number of hydrogen-bond donors (Lipinski definition) is 0. The van der Waals surface area contributed by atoms with Crippen LogP contribution in [0.3, 0.4) is 0 Å². The van der Waals surface area contributed by atoms with Crippen molar-refractivity contribution >= 4 is 9.84 Å². The summed E-state index contributed by atoms with van der Waals surface area (Å²) in [5, 5.41) is -0.920. The van der Waals surface area contributed by atoms with Crippen molar-refractivity contribution < 1.29 is 30.4 Å². The van der Waals surface area contributed by atoms with Crippen molar-refractivity contribution in [1.82, 2.24) is 0 Å². The summed E-state index contributed by atoms with van der Waals surface area (Å²) in [6.07, 6.45) is -1.82. The molecule has 0 spiro atoms. The maximum absolute atomic E-state index is 14.3. The average molecular weight is 523 g/mol. The van der Waals surface area contributed by atoms with Crippen LogP contribution in [0.25, 0.3) is 0 Å². The highest BCUT2D eigenvalue weighted by Gasteiger charge is 2.34. The molecule has 0 N–H and O–H groups in total. The van der Waals surface area contributed by atoms with Crippen LogP contribution >= 0.6 is 0 Å². The summed E-state index contributed by atoms with van der Waals surface area (Å²) >= 11 is 0. The fraction of sp³-hybridized carbons (Fsp3) is 0.357. The minimum absolute atomic E-state index is 0.0422. The highest BCUT2D eigenvalue weighted by Crippen LogP contribution is 2.40. The molecule has 0 amide bonds. The van der Waals surface area contributed by atoms with Crippen molar-refractivity contribution in [2.75, 3.05) is 0 Å². The summed E-state index contributed by atoms with van der Waals surface area (Å²) in [4.78, 5) is 0.178. The molecule has 0 fully saturated rings. The highest BCUT2D eigenvalue weighted by atomic mass is 32.2. The molecule has 0 radical (unpaired) electrons. The number of aryl methyl sites for hydroxylation is 3. The molecule has 1 aliphatic carbocycles. The zero-order chi connectivity index (χ0) is 26.1. The third kappa shape index (κ3) is 5.80. The standard InChI is InChI=1S/C28H27F5O2S/c1-18-2-13-24(14-3-18)36(34,35)27-15-6-19(4-7-20-10-12-23(29)17-25(20)27)5-8-21-9-11-22(16-26(21)30)28(31,32)33/h2-3,9-14,16-17,19,27H,4-8,15H2,1H3. The van der Waals surface area contributed by atoms with Gasteiger partial charge in [0.15, 0.2) is 9.84 Å². The SMILES string of the molecule is Cc1ccc(S(=O)(=O)C2CCC(CCc3ccc(C(F)(F)F)cc3F)CCc3ccc(F)cc32)cc1. The Morgan fingerprint density at radius 3 is 2.28 bits per heavy atom. The molecule has 0 bridgehead atoms. The summed E-state index contributed by atoms with van der Waals surface area (Å²) < 4.78 is 94.3. The summed E-state index contributed by atoms with van der Waals surface area (Å²) in [5.41, 5.74) is 1.35. The van der Waals surface area contributed by atoms with Crippen molar-refractivity contribution in [2.45, 2.75) is 61.8 Å². The number of sulfone groups is 1. The van der Waals surface area contributed by atoms with E-state index in [9.17, 15) is 30.4 Å². The van der Waals surface area contributed by atoms with Crippen LogP contribution in [0.5, 0.6) is 0 Å². The number of alkyl halides is 3. The van der Waals surface area contributed by atoms with Crippen LogP contribution in [-0.2, 0) is 28.9 Å². The molecule has 3 aromatic carbocycles. The Bertz CT molecular complexity index is 1330. The lowest BCUT2D eigenvalue weighted by molar-refractivity contribution is -0.137. The predicted octanol–water partition coefficient (Wildman–Crippen LogP) is 7.78. The molecule has 0 saturated heterocycles. The third-order valence-electron chi connectivity index (χ3n) is 7.04. The molecule has 2 atom stereocenters. The minimum atomic E-state index is -4.61. The number of fused-ring (bicyclic) bond motifs is 1. The van der Waals surface area contributed by atoms with Gasteiger partial charge in [-0.1, -0.05) is 29.8 Å². The average Bonchev–Trinajstić information content (AvgIpc) is 2.80. The Hall–Kier alpha value is -2.74. The Morgan fingerprint density at radius 1 is 0.889 bits per heavy atom. The summed E-state index contributed by atoms with van der Waals surface area (Å²) in [7, 11) is -3.80. The zero-order valence-electron chi connectivity index (χ0n) is 19.8. The largest absolute Gasteiger partial charge is 0.416 e. The first-order chi connectivity index (χ1) is 16.9. The molecule has 0 aromatic heterocycles. The molecule has 2 nitrogen and oxygen atoms in total. The molecule has 3 aromatic rings. The van der Waals surface area contributed by atoms with Gasteiger partial charge >= 0.3 is 6.18 Å². The molecule has 2 unspecified atom stereocenters. The molecule has 8 heteroatoms. The molecule has 36 heavy (non-hydrogen) atoms. The van der Waals surface area contributed by atoms with E-state index in [1.54, 1.807) is 30.3 Å². The highest BCUT2D eigenvalue weighted by molar-refractivity contribution is 7.91. The van der Waals surface area contributed by atoms with Crippen LogP contribution in [0.4, 0.5) is 22.0 Å². The van der Waals surface area contributed by atoms with Crippen molar-refractivity contribution in [1.29, 1.82) is 0 Å². The maximum atomic E-state index is 14.3. The van der Waals surface area contributed by atoms with Gasteiger partial charge in [-0.15, -0.1) is 0 Å². The smallest absolute Gasteiger partial charge is 0.223 e. The minimum Gasteiger partial charge on any atom is -0.223 e. The molecule has 4 rings (SSSR count). The van der Waals surface area contributed by atoms with Gasteiger partial charge in [0.2, 0.25) is 0 Å². The lowest BCUT2D eigenvalue weighted by Crippen LogP contribution is -2.20. The van der Waals surface area contributed by atoms with Gasteiger partial charge in [0, 0.05) is 0 Å². The van der Waals surface area contributed by atoms with Crippen molar-refractivity contribution in [2.24, 2.45) is 5.92 Å². The van der Waals surface area contributed by atoms with Crippen LogP contribution in [0, 0.1) is 24.5 Å². The van der Waals surface area contributed by atoms with Gasteiger partial charge in [0.1, 0.15) is 11.6 Å². The van der Waals surface area contributed by atoms with E-state index in [1.165, 1.54) is 18.2 Å². The second-order valence-electron chi connectivity index (χ2n) is 9.51. The molecule has 0 heterocycles. The van der Waals surface area contributed by atoms with E-state index in [4.69, 9.17) is 0 Å². The van der Waals surface area contributed by atoms with Crippen molar-refractivity contribution in [3.05, 3.63) is 100 Å². The lowest BCUT2D eigenvalue weighted by Gasteiger charge is -2.27. The maximum Gasteiger partial charge on any atom is 0.416 e. The van der Waals surface area contributed by atoms with Crippen LogP contribution in [0.1, 0.15) is 58.8 Å². The first-order valence-corrected chi connectivity index (χ1v) is 13.4. The normalized spacial score (nSPS) is 18.8. The van der Waals surface area contributed by atoms with E-state index >= 15 is 0 Å². The van der Waals surface area contributed by atoms with Gasteiger partial charge in [-0.3, -0.25) is 0 Å². The van der Waals surface area contributed by atoms with Crippen LogP contribution in [0.2, 0.25) is 0 Å². The van der Waals surface area contributed by atoms with Gasteiger partial charge in [0.25, 0.3) is 0 Å². The molecule has 0 aliphatic heterocycles. The summed E-state index contributed by atoms with van der Waals surface area (Å²) in [6.45, 7) is 1.86. The molecular formula is C28H27F5O2S. The summed E-state index contributed by atoms with van der Waals surface area (Å²) in [5.74, 6) is -1.34. The van der Waals surface area contributed by atoms with Gasteiger partial charge < -0.3 is 0 Å². The van der Waals surface area contributed by atoms with Crippen LogP contribution < -0.4 is 0 Å². The predicted molar refractivity (Wildman–Crippen MR) is 128 cm³/mol. The topological polar surface area (TPSA) is 34.1 Å². The van der Waals surface area contributed by atoms with Gasteiger partial charge in [-0.25, -0.2) is 17.2 Å². The van der Waals surface area contributed by atoms with E-state index in [0.29, 0.717) is 37.3 Å². The van der Waals surface area contributed by atoms with Crippen molar-refractivity contribution in [3.63, 3.8) is 0 Å². The van der Waals surface area contributed by atoms with E-state index in [0.717, 1.165) is 17.2 Å². The number of benzene rings is 3. The number of halogens is 5. The van der Waals surface area contributed by atoms with E-state index in [1.807, 2.05) is 6.92 Å². The van der Waals surface area contributed by atoms with E-state index in [2.05, 4.69) is 0 Å². The fourth-order valence-corrected chi connectivity index (χ4v) is 6.77. The Kier molecular flexibility index (Phi) is 7.55. The second-order valence-corrected chi connectivity index (χ2v) is 11.6. The lowest BCUT2D eigenvalue weighted by atomic mass is 9.84. The number of hydrogen-bond acceptors (Lipinski definition) is 2. The summed E-state index contributed by atoms with van der Waals surface area (Å²) in [6, 6.07) is 13.4. The second kappa shape index (κ2) is 10.3. The Balaban J connectivity index is 1.57. The first kappa shape index (κ1) is 26.3. The van der Waals surface area contributed by atoms with E-state index in [-0.39, 0.29) is 29.2 Å². The molecule has 192 valence electrons. The van der Waals surface area contributed by atoms with E-state index < -0.39 is 38.5 Å². The Morgan fingerprint density at radius 2 is 1.61 bits per heavy atom. The third-order valence-corrected chi connectivity index (χ3v) is 9.21. The zero-order valence-corrected chi connectivity index (χ0v) is 20.6. The monoisotopic (exact) mass is 522 g/mol. The molecular weight excluding hydrogens is 495 g/mol. The molecule has 0 saturated carbocycles. The van der Waals surface area contributed by atoms with Gasteiger partial charge in [0.05, 0.1) is 15.7 Å². The number of rotatable bonds is 5. The molecule has 1 aliphatic rings.